The van der Waals surface area contributed by atoms with Crippen LogP contribution in [0.1, 0.15) is 83.5 Å². The zero-order chi connectivity index (χ0) is 14.3. The molecular weight excluding hydrogens is 248 g/mol. The van der Waals surface area contributed by atoms with Gasteiger partial charge in [-0.15, -0.1) is 12.3 Å². The Morgan fingerprint density at radius 1 is 0.700 bits per heavy atom. The van der Waals surface area contributed by atoms with Crippen LogP contribution in [0.2, 0.25) is 0 Å². The summed E-state index contributed by atoms with van der Waals surface area (Å²) in [5, 5.41) is 0. The van der Waals surface area contributed by atoms with Crippen molar-refractivity contribution in [1.82, 2.24) is 0 Å². The van der Waals surface area contributed by atoms with Crippen molar-refractivity contribution in [3.63, 3.8) is 0 Å². The van der Waals surface area contributed by atoms with Gasteiger partial charge in [-0.05, 0) is 19.3 Å². The van der Waals surface area contributed by atoms with E-state index in [1.165, 1.54) is 70.6 Å². The first-order valence-electron chi connectivity index (χ1n) is 8.60. The average Bonchev–Trinajstić information content (AvgIpc) is 2.97. The Kier molecular flexibility index (Phi) is 11.8. The van der Waals surface area contributed by atoms with Gasteiger partial charge in [0, 0.05) is 6.42 Å². The second-order valence-corrected chi connectivity index (χ2v) is 5.80. The van der Waals surface area contributed by atoms with Crippen LogP contribution < -0.4 is 0 Å². The lowest BCUT2D eigenvalue weighted by Crippen LogP contribution is -2.06. The molecule has 2 nitrogen and oxygen atoms in total. The van der Waals surface area contributed by atoms with E-state index in [9.17, 15) is 0 Å². The van der Waals surface area contributed by atoms with Gasteiger partial charge in [-0.25, -0.2) is 0 Å². The average molecular weight is 280 g/mol. The molecule has 0 amide bonds. The molecule has 0 radical (unpaired) electrons. The van der Waals surface area contributed by atoms with Crippen molar-refractivity contribution < 1.29 is 9.47 Å². The first-order chi connectivity index (χ1) is 9.93. The molecule has 1 aliphatic rings. The van der Waals surface area contributed by atoms with E-state index in [1.807, 2.05) is 0 Å². The minimum atomic E-state index is 0.101. The molecule has 1 rings (SSSR count). The summed E-state index contributed by atoms with van der Waals surface area (Å²) in [5.41, 5.74) is 0. The van der Waals surface area contributed by atoms with Gasteiger partial charge in [-0.1, -0.05) is 57.8 Å². The maximum atomic E-state index is 5.43. The fourth-order valence-corrected chi connectivity index (χ4v) is 2.70. The van der Waals surface area contributed by atoms with Crippen molar-refractivity contribution in [3.05, 3.63) is 0 Å². The third kappa shape index (κ3) is 10.3. The Labute approximate surface area is 125 Å². The third-order valence-electron chi connectivity index (χ3n) is 3.95. The standard InChI is InChI=1S/C18H32O2/c1-2-3-4-5-6-7-8-9-10-11-12-13-14-15-18-19-16-17-20-18/h1,18H,3-17H2. The van der Waals surface area contributed by atoms with Gasteiger partial charge >= 0.3 is 0 Å². The van der Waals surface area contributed by atoms with Crippen LogP contribution in [0.25, 0.3) is 0 Å². The normalized spacial score (nSPS) is 15.6. The van der Waals surface area contributed by atoms with Crippen LogP contribution in [0.15, 0.2) is 0 Å². The van der Waals surface area contributed by atoms with Crippen molar-refractivity contribution in [2.45, 2.75) is 89.8 Å². The van der Waals surface area contributed by atoms with Gasteiger partial charge in [0.2, 0.25) is 0 Å². The Bertz CT molecular complexity index is 238. The highest BCUT2D eigenvalue weighted by molar-refractivity contribution is 4.82. The number of rotatable bonds is 13. The molecule has 0 unspecified atom stereocenters. The molecule has 2 heteroatoms. The van der Waals surface area contributed by atoms with Gasteiger partial charge in [0.1, 0.15) is 0 Å². The van der Waals surface area contributed by atoms with E-state index in [-0.39, 0.29) is 6.29 Å². The molecule has 0 saturated carbocycles. The van der Waals surface area contributed by atoms with Crippen LogP contribution in [0, 0.1) is 12.3 Å². The Morgan fingerprint density at radius 2 is 1.15 bits per heavy atom. The predicted octanol–water partition coefficient (Wildman–Crippen LogP) is 5.06. The minimum absolute atomic E-state index is 0.101. The van der Waals surface area contributed by atoms with Gasteiger partial charge in [0.05, 0.1) is 13.2 Å². The van der Waals surface area contributed by atoms with E-state index in [0.717, 1.165) is 26.1 Å². The number of unbranched alkanes of at least 4 members (excludes halogenated alkanes) is 11. The molecule has 0 aromatic rings. The molecule has 1 aliphatic heterocycles. The summed E-state index contributed by atoms with van der Waals surface area (Å²) in [5.74, 6) is 2.71. The molecule has 0 spiro atoms. The van der Waals surface area contributed by atoms with Crippen LogP contribution in [-0.2, 0) is 9.47 Å². The first kappa shape index (κ1) is 17.5. The SMILES string of the molecule is C#CCCCCCCCCCCCCCC1OCCO1. The second-order valence-electron chi connectivity index (χ2n) is 5.80. The zero-order valence-corrected chi connectivity index (χ0v) is 13.1. The fourth-order valence-electron chi connectivity index (χ4n) is 2.70. The van der Waals surface area contributed by atoms with Gasteiger partial charge < -0.3 is 9.47 Å². The van der Waals surface area contributed by atoms with Crippen molar-refractivity contribution in [1.29, 1.82) is 0 Å². The largest absolute Gasteiger partial charge is 0.350 e. The Balaban J connectivity index is 1.67. The van der Waals surface area contributed by atoms with E-state index in [2.05, 4.69) is 5.92 Å². The Morgan fingerprint density at radius 3 is 1.65 bits per heavy atom. The lowest BCUT2D eigenvalue weighted by Gasteiger charge is -2.08. The molecule has 20 heavy (non-hydrogen) atoms. The van der Waals surface area contributed by atoms with Gasteiger partial charge in [0.15, 0.2) is 6.29 Å². The third-order valence-corrected chi connectivity index (χ3v) is 3.95. The van der Waals surface area contributed by atoms with Crippen molar-refractivity contribution >= 4 is 0 Å². The molecule has 0 N–H and O–H groups in total. The zero-order valence-electron chi connectivity index (χ0n) is 13.1. The molecule has 0 aromatic carbocycles. The molecule has 0 aromatic heterocycles. The molecule has 1 saturated heterocycles. The fraction of sp³-hybridized carbons (Fsp3) is 0.889. The Hall–Kier alpha value is -0.520. The molecule has 1 fully saturated rings. The number of terminal acetylenes is 1. The highest BCUT2D eigenvalue weighted by Gasteiger charge is 2.14. The van der Waals surface area contributed by atoms with E-state index in [4.69, 9.17) is 15.9 Å². The maximum absolute atomic E-state index is 5.43. The van der Waals surface area contributed by atoms with Gasteiger partial charge in [-0.3, -0.25) is 0 Å². The van der Waals surface area contributed by atoms with Crippen LogP contribution in [0.5, 0.6) is 0 Å². The van der Waals surface area contributed by atoms with E-state index in [1.54, 1.807) is 0 Å². The van der Waals surface area contributed by atoms with Crippen molar-refractivity contribution in [2.24, 2.45) is 0 Å². The first-order valence-corrected chi connectivity index (χ1v) is 8.60. The van der Waals surface area contributed by atoms with E-state index in [0.29, 0.717) is 0 Å². The quantitative estimate of drug-likeness (QED) is 0.346. The summed E-state index contributed by atoms with van der Waals surface area (Å²) in [6.45, 7) is 1.57. The molecule has 0 aliphatic carbocycles. The second kappa shape index (κ2) is 13.5. The molecule has 116 valence electrons. The predicted molar refractivity (Wildman–Crippen MR) is 84.5 cm³/mol. The van der Waals surface area contributed by atoms with E-state index < -0.39 is 0 Å². The number of ether oxygens (including phenoxy) is 2. The molecular formula is C18H32O2. The summed E-state index contributed by atoms with van der Waals surface area (Å²) < 4.78 is 10.9. The van der Waals surface area contributed by atoms with Crippen LogP contribution >= 0.6 is 0 Å². The molecule has 0 bridgehead atoms. The summed E-state index contributed by atoms with van der Waals surface area (Å²) in [6.07, 6.45) is 22.2. The highest BCUT2D eigenvalue weighted by Crippen LogP contribution is 2.15. The highest BCUT2D eigenvalue weighted by atomic mass is 16.7. The topological polar surface area (TPSA) is 18.5 Å². The maximum Gasteiger partial charge on any atom is 0.157 e. The summed E-state index contributed by atoms with van der Waals surface area (Å²) in [7, 11) is 0. The van der Waals surface area contributed by atoms with Gasteiger partial charge in [0.25, 0.3) is 0 Å². The van der Waals surface area contributed by atoms with Crippen LogP contribution in [-0.4, -0.2) is 19.5 Å². The summed E-state index contributed by atoms with van der Waals surface area (Å²) in [6, 6.07) is 0. The monoisotopic (exact) mass is 280 g/mol. The number of hydrogen-bond donors (Lipinski definition) is 0. The summed E-state index contributed by atoms with van der Waals surface area (Å²) in [4.78, 5) is 0. The van der Waals surface area contributed by atoms with E-state index >= 15 is 0 Å². The lowest BCUT2D eigenvalue weighted by atomic mass is 10.0. The van der Waals surface area contributed by atoms with Crippen molar-refractivity contribution in [3.8, 4) is 12.3 Å². The molecule has 0 atom stereocenters. The lowest BCUT2D eigenvalue weighted by molar-refractivity contribution is -0.0480. The van der Waals surface area contributed by atoms with Crippen LogP contribution in [0.3, 0.4) is 0 Å². The smallest absolute Gasteiger partial charge is 0.157 e. The van der Waals surface area contributed by atoms with Gasteiger partial charge in [-0.2, -0.15) is 0 Å². The van der Waals surface area contributed by atoms with Crippen LogP contribution in [0.4, 0.5) is 0 Å². The summed E-state index contributed by atoms with van der Waals surface area (Å²) >= 11 is 0. The number of hydrogen-bond acceptors (Lipinski definition) is 2. The minimum Gasteiger partial charge on any atom is -0.350 e. The van der Waals surface area contributed by atoms with Crippen molar-refractivity contribution in [2.75, 3.05) is 13.2 Å². The molecule has 1 heterocycles.